The van der Waals surface area contributed by atoms with Crippen LogP contribution in [0.2, 0.25) is 11.6 Å². The molecule has 2 N–H and O–H groups in total. The van der Waals surface area contributed by atoms with Crippen LogP contribution in [-0.2, 0) is 0 Å². The Hall–Kier alpha value is 0.0249. The van der Waals surface area contributed by atoms with Gasteiger partial charge in [0.2, 0.25) is 0 Å². The van der Waals surface area contributed by atoms with Crippen LogP contribution < -0.4 is 5.73 Å². The summed E-state index contributed by atoms with van der Waals surface area (Å²) in [5, 5.41) is 0. The van der Waals surface area contributed by atoms with E-state index in [-0.39, 0.29) is 0 Å². The lowest BCUT2D eigenvalue weighted by atomic mass is 9.87. The molecule has 0 spiro atoms. The fraction of sp³-hybridized carbons (Fsp3) is 1.00. The van der Waals surface area contributed by atoms with Gasteiger partial charge in [0, 0.05) is 6.04 Å². The quantitative estimate of drug-likeness (QED) is 0.523. The van der Waals surface area contributed by atoms with E-state index in [1.807, 2.05) is 0 Å². The molecule has 2 rings (SSSR count). The number of fused-ring (bicyclic) bond motifs is 1. The molecule has 0 amide bonds. The maximum Gasteiger partial charge on any atom is 0.117 e. The van der Waals surface area contributed by atoms with Crippen molar-refractivity contribution in [3.05, 3.63) is 0 Å². The first-order valence-corrected chi connectivity index (χ1v) is 4.88. The van der Waals surface area contributed by atoms with E-state index in [4.69, 9.17) is 5.73 Å². The van der Waals surface area contributed by atoms with Gasteiger partial charge in [-0.05, 0) is 18.8 Å². The fourth-order valence-corrected chi connectivity index (χ4v) is 2.49. The largest absolute Gasteiger partial charge is 0.328 e. The molecule has 0 bridgehead atoms. The molecule has 1 heterocycles. The molecule has 0 aromatic heterocycles. The maximum absolute atomic E-state index is 5.96. The normalized spacial score (nSPS) is 50.0. The molecule has 1 aliphatic heterocycles. The molecule has 1 saturated heterocycles. The summed E-state index contributed by atoms with van der Waals surface area (Å²) in [6.45, 7) is 2.35. The fourth-order valence-electron chi connectivity index (χ4n) is 2.49. The minimum absolute atomic E-state index is 0.486. The molecule has 0 aromatic rings. The predicted octanol–water partition coefficient (Wildman–Crippen LogP) is 1.82. The molecule has 2 aliphatic rings. The van der Waals surface area contributed by atoms with E-state index in [0.717, 1.165) is 17.6 Å². The number of nitrogens with two attached hydrogens (primary N) is 1. The maximum atomic E-state index is 5.96. The highest BCUT2D eigenvalue weighted by atomic mass is 14.6. The Labute approximate surface area is 70.0 Å². The van der Waals surface area contributed by atoms with E-state index < -0.39 is 0 Å². The first-order chi connectivity index (χ1) is 5.27. The average molecular weight is 150 g/mol. The zero-order valence-corrected chi connectivity index (χ0v) is 7.29. The molecule has 4 atom stereocenters. The summed E-state index contributed by atoms with van der Waals surface area (Å²) < 4.78 is 0. The van der Waals surface area contributed by atoms with Crippen molar-refractivity contribution in [3.63, 3.8) is 0 Å². The smallest absolute Gasteiger partial charge is 0.117 e. The number of rotatable bonds is 0. The topological polar surface area (TPSA) is 26.0 Å². The molecule has 1 aliphatic carbocycles. The second-order valence-electron chi connectivity index (χ2n) is 4.34. The van der Waals surface area contributed by atoms with Crippen molar-refractivity contribution in [1.82, 2.24) is 0 Å². The molecular weight excluding hydrogens is 133 g/mol. The van der Waals surface area contributed by atoms with Crippen LogP contribution in [0.1, 0.15) is 32.6 Å². The Balaban J connectivity index is 1.92. The van der Waals surface area contributed by atoms with Gasteiger partial charge in [-0.3, -0.25) is 0 Å². The van der Waals surface area contributed by atoms with Gasteiger partial charge in [-0.25, -0.2) is 0 Å². The third-order valence-corrected chi connectivity index (χ3v) is 3.27. The predicted molar refractivity (Wildman–Crippen MR) is 48.9 cm³/mol. The van der Waals surface area contributed by atoms with Crippen LogP contribution in [0.15, 0.2) is 0 Å². The van der Waals surface area contributed by atoms with Crippen molar-refractivity contribution < 1.29 is 0 Å². The first kappa shape index (κ1) is 7.66. The highest BCUT2D eigenvalue weighted by Crippen LogP contribution is 2.52. The number of hydrogen-bond acceptors (Lipinski definition) is 1. The zero-order valence-electron chi connectivity index (χ0n) is 7.29. The van der Waals surface area contributed by atoms with E-state index in [1.165, 1.54) is 25.7 Å². The second-order valence-corrected chi connectivity index (χ2v) is 4.34. The Morgan fingerprint density at radius 1 is 1.36 bits per heavy atom. The molecule has 11 heavy (non-hydrogen) atoms. The SMILES string of the molecule is CC1CC(N)CCCC2[B]C12. The van der Waals surface area contributed by atoms with Gasteiger partial charge < -0.3 is 5.73 Å². The van der Waals surface area contributed by atoms with Crippen molar-refractivity contribution in [3.8, 4) is 0 Å². The summed E-state index contributed by atoms with van der Waals surface area (Å²) in [7, 11) is 2.52. The van der Waals surface area contributed by atoms with Gasteiger partial charge in [0.25, 0.3) is 0 Å². The third-order valence-electron chi connectivity index (χ3n) is 3.27. The second kappa shape index (κ2) is 2.82. The summed E-state index contributed by atoms with van der Waals surface area (Å²) in [5.41, 5.74) is 5.96. The van der Waals surface area contributed by atoms with Crippen LogP contribution in [0.3, 0.4) is 0 Å². The van der Waals surface area contributed by atoms with Gasteiger partial charge in [0.1, 0.15) is 7.28 Å². The summed E-state index contributed by atoms with van der Waals surface area (Å²) in [6, 6.07) is 0.486. The van der Waals surface area contributed by atoms with Crippen LogP contribution in [0, 0.1) is 5.92 Å². The van der Waals surface area contributed by atoms with Gasteiger partial charge >= 0.3 is 0 Å². The van der Waals surface area contributed by atoms with E-state index in [0.29, 0.717) is 6.04 Å². The lowest BCUT2D eigenvalue weighted by Gasteiger charge is -2.20. The van der Waals surface area contributed by atoms with Crippen molar-refractivity contribution in [1.29, 1.82) is 0 Å². The Kier molecular flexibility index (Phi) is 1.96. The van der Waals surface area contributed by atoms with Crippen LogP contribution >= 0.6 is 0 Å². The molecule has 1 radical (unpaired) electrons. The summed E-state index contributed by atoms with van der Waals surface area (Å²) in [6.07, 6.45) is 5.26. The van der Waals surface area contributed by atoms with Gasteiger partial charge in [0.15, 0.2) is 0 Å². The van der Waals surface area contributed by atoms with E-state index >= 15 is 0 Å². The monoisotopic (exact) mass is 150 g/mol. The number of hydrogen-bond donors (Lipinski definition) is 1. The molecule has 0 aromatic carbocycles. The highest BCUT2D eigenvalue weighted by molar-refractivity contribution is 6.53. The van der Waals surface area contributed by atoms with E-state index in [1.54, 1.807) is 0 Å². The van der Waals surface area contributed by atoms with Gasteiger partial charge in [-0.15, -0.1) is 0 Å². The van der Waals surface area contributed by atoms with Crippen LogP contribution in [-0.4, -0.2) is 13.3 Å². The van der Waals surface area contributed by atoms with Crippen molar-refractivity contribution >= 4 is 7.28 Å². The Morgan fingerprint density at radius 2 is 2.18 bits per heavy atom. The van der Waals surface area contributed by atoms with Crippen LogP contribution in [0.25, 0.3) is 0 Å². The first-order valence-electron chi connectivity index (χ1n) is 4.88. The summed E-state index contributed by atoms with van der Waals surface area (Å²) >= 11 is 0. The minimum Gasteiger partial charge on any atom is -0.328 e. The molecule has 2 heteroatoms. The van der Waals surface area contributed by atoms with Crippen molar-refractivity contribution in [2.75, 3.05) is 0 Å². The molecule has 1 nitrogen and oxygen atoms in total. The standard InChI is InChI=1S/C9H17BN/c1-6-5-7(11)3-2-4-8-9(6)10-8/h6-9H,2-5,11H2,1H3. The Bertz CT molecular complexity index is 148. The highest BCUT2D eigenvalue weighted by Gasteiger charge is 2.42. The zero-order chi connectivity index (χ0) is 7.84. The van der Waals surface area contributed by atoms with Gasteiger partial charge in [-0.1, -0.05) is 31.4 Å². The molecule has 1 saturated carbocycles. The third kappa shape index (κ3) is 1.61. The average Bonchev–Trinajstić information content (AvgIpc) is 2.64. The Morgan fingerprint density at radius 3 is 3.00 bits per heavy atom. The van der Waals surface area contributed by atoms with E-state index in [9.17, 15) is 0 Å². The van der Waals surface area contributed by atoms with Crippen LogP contribution in [0.5, 0.6) is 0 Å². The van der Waals surface area contributed by atoms with Crippen molar-refractivity contribution in [2.24, 2.45) is 11.7 Å². The minimum atomic E-state index is 0.486. The molecule has 61 valence electrons. The molecule has 2 fully saturated rings. The lowest BCUT2D eigenvalue weighted by Crippen LogP contribution is -2.23. The van der Waals surface area contributed by atoms with Crippen LogP contribution in [0.4, 0.5) is 0 Å². The van der Waals surface area contributed by atoms with Gasteiger partial charge in [0.05, 0.1) is 0 Å². The lowest BCUT2D eigenvalue weighted by molar-refractivity contribution is 0.400. The van der Waals surface area contributed by atoms with Crippen molar-refractivity contribution in [2.45, 2.75) is 50.3 Å². The summed E-state index contributed by atoms with van der Waals surface area (Å²) in [4.78, 5) is 0. The summed E-state index contributed by atoms with van der Waals surface area (Å²) in [5.74, 6) is 2.76. The molecule has 4 unspecified atom stereocenters. The van der Waals surface area contributed by atoms with E-state index in [2.05, 4.69) is 14.2 Å². The van der Waals surface area contributed by atoms with Gasteiger partial charge in [-0.2, -0.15) is 0 Å². The molecular formula is C9H17BN.